The molecule has 2 N–H and O–H groups in total. The van der Waals surface area contributed by atoms with E-state index >= 15 is 0 Å². The minimum atomic E-state index is -0.583. The Bertz CT molecular complexity index is 1030. The van der Waals surface area contributed by atoms with Crippen molar-refractivity contribution in [1.82, 2.24) is 20.5 Å². The Morgan fingerprint density at radius 3 is 2.69 bits per heavy atom. The van der Waals surface area contributed by atoms with Gasteiger partial charge in [-0.1, -0.05) is 12.1 Å². The van der Waals surface area contributed by atoms with Gasteiger partial charge in [-0.15, -0.1) is 0 Å². The minimum Gasteiger partial charge on any atom is -0.444 e. The standard InChI is InChI=1S/C25H33FN4O5/c1-25(2,3)35-24(33)28-13-12-27-23(32)17-7-6-14-30(16-17)22(31)11-10-21-29-15-20(34-21)18-8-4-5-9-19(18)26/h4-5,8-9,15,17H,6-7,10-14,16H2,1-3H3,(H,27,32)(H,28,33). The number of rotatable bonds is 8. The molecule has 0 bridgehead atoms. The minimum absolute atomic E-state index is 0.0836. The van der Waals surface area contributed by atoms with Gasteiger partial charge in [0.15, 0.2) is 11.7 Å². The summed E-state index contributed by atoms with van der Waals surface area (Å²) < 4.78 is 24.7. The van der Waals surface area contributed by atoms with Crippen molar-refractivity contribution in [3.63, 3.8) is 0 Å². The van der Waals surface area contributed by atoms with Crippen LogP contribution in [0.2, 0.25) is 0 Å². The number of nitrogens with one attached hydrogen (secondary N) is 2. The first-order chi connectivity index (χ1) is 16.6. The van der Waals surface area contributed by atoms with E-state index < -0.39 is 17.5 Å². The van der Waals surface area contributed by atoms with Crippen LogP contribution in [0.25, 0.3) is 11.3 Å². The number of oxazole rings is 1. The summed E-state index contributed by atoms with van der Waals surface area (Å²) in [6.07, 6.45) is 2.82. The van der Waals surface area contributed by atoms with Gasteiger partial charge < -0.3 is 24.7 Å². The van der Waals surface area contributed by atoms with Gasteiger partial charge in [-0.2, -0.15) is 0 Å². The van der Waals surface area contributed by atoms with Crippen molar-refractivity contribution < 1.29 is 27.9 Å². The number of alkyl carbamates (subject to hydrolysis) is 1. The summed E-state index contributed by atoms with van der Waals surface area (Å²) in [6.45, 7) is 6.79. The van der Waals surface area contributed by atoms with E-state index in [0.717, 1.165) is 6.42 Å². The molecular formula is C25H33FN4O5. The number of piperidine rings is 1. The average Bonchev–Trinajstić information content (AvgIpc) is 3.28. The Morgan fingerprint density at radius 1 is 1.20 bits per heavy atom. The Morgan fingerprint density at radius 2 is 1.94 bits per heavy atom. The fraction of sp³-hybridized carbons (Fsp3) is 0.520. The van der Waals surface area contributed by atoms with Crippen molar-refractivity contribution in [2.45, 2.75) is 52.1 Å². The van der Waals surface area contributed by atoms with Crippen LogP contribution < -0.4 is 10.6 Å². The van der Waals surface area contributed by atoms with Crippen LogP contribution in [0.5, 0.6) is 0 Å². The van der Waals surface area contributed by atoms with Gasteiger partial charge in [0, 0.05) is 39.0 Å². The zero-order valence-electron chi connectivity index (χ0n) is 20.4. The second kappa shape index (κ2) is 11.8. The van der Waals surface area contributed by atoms with Crippen LogP contribution in [-0.4, -0.2) is 59.6 Å². The van der Waals surface area contributed by atoms with Crippen LogP contribution in [0, 0.1) is 11.7 Å². The molecule has 1 aromatic carbocycles. The van der Waals surface area contributed by atoms with Crippen LogP contribution >= 0.6 is 0 Å². The van der Waals surface area contributed by atoms with Gasteiger partial charge >= 0.3 is 6.09 Å². The lowest BCUT2D eigenvalue weighted by atomic mass is 9.96. The highest BCUT2D eigenvalue weighted by atomic mass is 19.1. The molecule has 1 unspecified atom stereocenters. The maximum atomic E-state index is 13.9. The molecule has 35 heavy (non-hydrogen) atoms. The topological polar surface area (TPSA) is 114 Å². The molecule has 2 heterocycles. The summed E-state index contributed by atoms with van der Waals surface area (Å²) in [5.74, 6) is -0.245. The Labute approximate surface area is 204 Å². The fourth-order valence-corrected chi connectivity index (χ4v) is 3.81. The van der Waals surface area contributed by atoms with Crippen molar-refractivity contribution in [3.8, 4) is 11.3 Å². The van der Waals surface area contributed by atoms with E-state index in [9.17, 15) is 18.8 Å². The van der Waals surface area contributed by atoms with Gasteiger partial charge in [0.2, 0.25) is 11.8 Å². The highest BCUT2D eigenvalue weighted by Gasteiger charge is 2.28. The van der Waals surface area contributed by atoms with Crippen LogP contribution in [-0.2, 0) is 20.7 Å². The molecule has 0 aliphatic carbocycles. The molecule has 3 rings (SSSR count). The van der Waals surface area contributed by atoms with Crippen molar-refractivity contribution >= 4 is 17.9 Å². The molecule has 10 heteroatoms. The number of benzene rings is 1. The number of carbonyl (C=O) groups is 3. The molecule has 0 saturated carbocycles. The van der Waals surface area contributed by atoms with Crippen molar-refractivity contribution in [2.75, 3.05) is 26.2 Å². The second-order valence-electron chi connectivity index (χ2n) is 9.50. The number of hydrogen-bond donors (Lipinski definition) is 2. The third kappa shape index (κ3) is 8.08. The lowest BCUT2D eigenvalue weighted by Crippen LogP contribution is -2.46. The maximum Gasteiger partial charge on any atom is 0.407 e. The lowest BCUT2D eigenvalue weighted by Gasteiger charge is -2.32. The molecule has 1 fully saturated rings. The van der Waals surface area contributed by atoms with Crippen LogP contribution in [0.3, 0.4) is 0 Å². The van der Waals surface area contributed by atoms with E-state index in [2.05, 4.69) is 15.6 Å². The Kier molecular flexibility index (Phi) is 8.84. The monoisotopic (exact) mass is 488 g/mol. The number of amides is 3. The number of nitrogens with zero attached hydrogens (tertiary/aromatic N) is 2. The SMILES string of the molecule is CC(C)(C)OC(=O)NCCNC(=O)C1CCCN(C(=O)CCc2ncc(-c3ccccc3F)o2)C1. The largest absolute Gasteiger partial charge is 0.444 e. The number of aromatic nitrogens is 1. The molecule has 9 nitrogen and oxygen atoms in total. The zero-order chi connectivity index (χ0) is 25.4. The van der Waals surface area contributed by atoms with E-state index in [1.807, 2.05) is 0 Å². The maximum absolute atomic E-state index is 13.9. The second-order valence-corrected chi connectivity index (χ2v) is 9.50. The molecule has 1 aliphatic heterocycles. The quantitative estimate of drug-likeness (QED) is 0.551. The Hall–Kier alpha value is -3.43. The predicted molar refractivity (Wildman–Crippen MR) is 127 cm³/mol. The molecule has 1 aliphatic rings. The first-order valence-corrected chi connectivity index (χ1v) is 11.8. The lowest BCUT2D eigenvalue weighted by molar-refractivity contribution is -0.135. The molecule has 0 spiro atoms. The van der Waals surface area contributed by atoms with Crippen LogP contribution in [0.1, 0.15) is 45.9 Å². The van der Waals surface area contributed by atoms with Gasteiger partial charge in [0.1, 0.15) is 11.4 Å². The van der Waals surface area contributed by atoms with Gasteiger partial charge in [-0.3, -0.25) is 9.59 Å². The first kappa shape index (κ1) is 26.2. The summed E-state index contributed by atoms with van der Waals surface area (Å²) in [5, 5.41) is 5.40. The smallest absolute Gasteiger partial charge is 0.407 e. The Balaban J connectivity index is 1.41. The molecule has 0 radical (unpaired) electrons. The van der Waals surface area contributed by atoms with Crippen LogP contribution in [0.15, 0.2) is 34.9 Å². The molecule has 3 amide bonds. The summed E-state index contributed by atoms with van der Waals surface area (Å²) in [5.41, 5.74) is -0.260. The highest BCUT2D eigenvalue weighted by molar-refractivity contribution is 5.81. The number of carbonyl (C=O) groups excluding carboxylic acids is 3. The number of likely N-dealkylation sites (tertiary alicyclic amines) is 1. The normalized spacial score (nSPS) is 16.0. The summed E-state index contributed by atoms with van der Waals surface area (Å²) in [6, 6.07) is 6.27. The number of ether oxygens (including phenoxy) is 1. The average molecular weight is 489 g/mol. The third-order valence-electron chi connectivity index (χ3n) is 5.48. The van der Waals surface area contributed by atoms with E-state index in [-0.39, 0.29) is 43.7 Å². The highest BCUT2D eigenvalue weighted by Crippen LogP contribution is 2.24. The predicted octanol–water partition coefficient (Wildman–Crippen LogP) is 3.29. The van der Waals surface area contributed by atoms with E-state index in [1.165, 1.54) is 12.3 Å². The third-order valence-corrected chi connectivity index (χ3v) is 5.48. The van der Waals surface area contributed by atoms with Gasteiger partial charge in [-0.25, -0.2) is 14.2 Å². The van der Waals surface area contributed by atoms with E-state index in [4.69, 9.17) is 9.15 Å². The fourth-order valence-electron chi connectivity index (χ4n) is 3.81. The molecule has 1 atom stereocenters. The summed E-state index contributed by atoms with van der Waals surface area (Å²) >= 11 is 0. The molecule has 2 aromatic rings. The van der Waals surface area contributed by atoms with Gasteiger partial charge in [0.05, 0.1) is 17.7 Å². The number of aryl methyl sites for hydroxylation is 1. The molecule has 190 valence electrons. The van der Waals surface area contributed by atoms with Crippen LogP contribution in [0.4, 0.5) is 9.18 Å². The number of halogens is 1. The van der Waals surface area contributed by atoms with Gasteiger partial charge in [-0.05, 0) is 45.7 Å². The summed E-state index contributed by atoms with van der Waals surface area (Å²) in [4.78, 5) is 42.8. The molecule has 1 saturated heterocycles. The zero-order valence-corrected chi connectivity index (χ0v) is 20.4. The van der Waals surface area contributed by atoms with E-state index in [1.54, 1.807) is 43.9 Å². The molecular weight excluding hydrogens is 455 g/mol. The van der Waals surface area contributed by atoms with Crippen molar-refractivity contribution in [1.29, 1.82) is 0 Å². The summed E-state index contributed by atoms with van der Waals surface area (Å²) in [7, 11) is 0. The van der Waals surface area contributed by atoms with Crippen molar-refractivity contribution in [3.05, 3.63) is 42.2 Å². The van der Waals surface area contributed by atoms with Gasteiger partial charge in [0.25, 0.3) is 0 Å². The van der Waals surface area contributed by atoms with Crippen molar-refractivity contribution in [2.24, 2.45) is 5.92 Å². The number of hydrogen-bond acceptors (Lipinski definition) is 6. The van der Waals surface area contributed by atoms with E-state index in [0.29, 0.717) is 36.7 Å². The molecule has 1 aromatic heterocycles. The first-order valence-electron chi connectivity index (χ1n) is 11.8.